The lowest BCUT2D eigenvalue weighted by atomic mass is 9.97. The minimum Gasteiger partial charge on any atom is -0.387 e. The van der Waals surface area contributed by atoms with E-state index in [2.05, 4.69) is 4.98 Å². The number of primary amides is 1. The fraction of sp³-hybridized carbons (Fsp3) is 0.158. The topological polar surface area (TPSA) is 79.5 Å². The fourth-order valence-corrected chi connectivity index (χ4v) is 3.28. The van der Waals surface area contributed by atoms with Gasteiger partial charge in [0.1, 0.15) is 5.82 Å². The molecule has 3 aromatic rings. The zero-order valence-electron chi connectivity index (χ0n) is 13.0. The molecular weight excluding hydrogens is 302 g/mol. The Morgan fingerprint density at radius 1 is 1.17 bits per heavy atom. The summed E-state index contributed by atoms with van der Waals surface area (Å²) in [5.74, 6) is 0.170. The van der Waals surface area contributed by atoms with Gasteiger partial charge in [-0.15, -0.1) is 0 Å². The number of amides is 1. The molecule has 0 radical (unpaired) electrons. The third-order valence-corrected chi connectivity index (χ3v) is 4.46. The summed E-state index contributed by atoms with van der Waals surface area (Å²) in [5, 5.41) is 11.2. The van der Waals surface area contributed by atoms with Crippen LogP contribution < -0.4 is 10.6 Å². The van der Waals surface area contributed by atoms with E-state index in [4.69, 9.17) is 5.73 Å². The number of β-amino-alcohol motifs (C(OH)–C–C–N with tert-alkyl or cyclic N) is 1. The molecule has 5 heteroatoms. The molecule has 5 nitrogen and oxygen atoms in total. The van der Waals surface area contributed by atoms with Gasteiger partial charge >= 0.3 is 0 Å². The Labute approximate surface area is 139 Å². The van der Waals surface area contributed by atoms with Crippen LogP contribution >= 0.6 is 0 Å². The van der Waals surface area contributed by atoms with Gasteiger partial charge in [0.2, 0.25) is 5.91 Å². The average molecular weight is 319 g/mol. The van der Waals surface area contributed by atoms with Gasteiger partial charge in [-0.2, -0.15) is 0 Å². The van der Waals surface area contributed by atoms with Crippen molar-refractivity contribution in [2.45, 2.75) is 12.6 Å². The van der Waals surface area contributed by atoms with Crippen LogP contribution in [0, 0.1) is 0 Å². The van der Waals surface area contributed by atoms with Crippen molar-refractivity contribution >= 4 is 22.6 Å². The molecule has 24 heavy (non-hydrogen) atoms. The first kappa shape index (κ1) is 14.7. The van der Waals surface area contributed by atoms with Crippen molar-refractivity contribution in [3.8, 4) is 0 Å². The molecule has 120 valence electrons. The number of aromatic nitrogens is 1. The molecule has 2 aromatic carbocycles. The summed E-state index contributed by atoms with van der Waals surface area (Å²) in [6, 6.07) is 17.0. The number of carbonyl (C=O) groups excluding carboxylic acids is 1. The molecule has 1 aliphatic rings. The average Bonchev–Trinajstić information content (AvgIpc) is 2.60. The zero-order valence-corrected chi connectivity index (χ0v) is 13.0. The molecule has 0 spiro atoms. The number of aliphatic hydroxyl groups is 1. The number of fused-ring (bicyclic) bond motifs is 2. The van der Waals surface area contributed by atoms with Gasteiger partial charge in [-0.1, -0.05) is 42.5 Å². The Kier molecular flexibility index (Phi) is 3.43. The summed E-state index contributed by atoms with van der Waals surface area (Å²) in [6.07, 6.45) is -0.583. The van der Waals surface area contributed by atoms with Crippen molar-refractivity contribution < 1.29 is 9.90 Å². The second-order valence-electron chi connectivity index (χ2n) is 6.00. The standard InChI is InChI=1S/C19H17N3O2/c20-19(24)15-9-18(21-16-8-4-3-7-14(15)16)22-10-12-5-1-2-6-13(12)17(23)11-22/h1-9,17,23H,10-11H2,(H2,20,24). The minimum absolute atomic E-state index is 0.431. The molecule has 1 atom stereocenters. The number of pyridine rings is 1. The van der Waals surface area contributed by atoms with Crippen LogP contribution in [0.5, 0.6) is 0 Å². The maximum atomic E-state index is 11.8. The lowest BCUT2D eigenvalue weighted by Crippen LogP contribution is -2.34. The Balaban J connectivity index is 1.82. The number of aliphatic hydroxyl groups excluding tert-OH is 1. The molecular formula is C19H17N3O2. The van der Waals surface area contributed by atoms with Gasteiger partial charge in [0.05, 0.1) is 17.2 Å². The summed E-state index contributed by atoms with van der Waals surface area (Å²) < 4.78 is 0. The molecule has 1 aromatic heterocycles. The molecule has 3 N–H and O–H groups in total. The summed E-state index contributed by atoms with van der Waals surface area (Å²) >= 11 is 0. The molecule has 0 saturated heterocycles. The van der Waals surface area contributed by atoms with Gasteiger partial charge in [0, 0.05) is 18.5 Å². The van der Waals surface area contributed by atoms with E-state index in [0.717, 1.165) is 22.0 Å². The molecule has 1 unspecified atom stereocenters. The number of nitrogens with two attached hydrogens (primary N) is 1. The lowest BCUT2D eigenvalue weighted by molar-refractivity contribution is 0.100. The number of hydrogen-bond donors (Lipinski definition) is 2. The highest BCUT2D eigenvalue weighted by Gasteiger charge is 2.25. The van der Waals surface area contributed by atoms with Crippen LogP contribution in [-0.2, 0) is 6.54 Å². The van der Waals surface area contributed by atoms with E-state index in [1.807, 2.05) is 53.4 Å². The number of carbonyl (C=O) groups is 1. The summed E-state index contributed by atoms with van der Waals surface area (Å²) in [7, 11) is 0. The number of rotatable bonds is 2. The predicted octanol–water partition coefficient (Wildman–Crippen LogP) is 2.39. The van der Waals surface area contributed by atoms with Crippen LogP contribution in [0.25, 0.3) is 10.9 Å². The third-order valence-electron chi connectivity index (χ3n) is 4.46. The van der Waals surface area contributed by atoms with Crippen LogP contribution in [0.1, 0.15) is 27.6 Å². The molecule has 0 fully saturated rings. The normalized spacial score (nSPS) is 16.9. The van der Waals surface area contributed by atoms with Crippen LogP contribution in [0.2, 0.25) is 0 Å². The van der Waals surface area contributed by atoms with Gasteiger partial charge in [-0.3, -0.25) is 4.79 Å². The lowest BCUT2D eigenvalue weighted by Gasteiger charge is -2.33. The first-order valence-electron chi connectivity index (χ1n) is 7.84. The van der Waals surface area contributed by atoms with E-state index < -0.39 is 12.0 Å². The Morgan fingerprint density at radius 2 is 1.92 bits per heavy atom. The van der Waals surface area contributed by atoms with Crippen molar-refractivity contribution in [2.24, 2.45) is 5.73 Å². The van der Waals surface area contributed by atoms with Crippen molar-refractivity contribution in [2.75, 3.05) is 11.4 Å². The van der Waals surface area contributed by atoms with E-state index in [9.17, 15) is 9.90 Å². The van der Waals surface area contributed by atoms with Crippen LogP contribution in [-0.4, -0.2) is 22.5 Å². The van der Waals surface area contributed by atoms with Gasteiger partial charge in [0.25, 0.3) is 0 Å². The second kappa shape index (κ2) is 5.62. The molecule has 1 amide bonds. The van der Waals surface area contributed by atoms with E-state index in [0.29, 0.717) is 24.5 Å². The molecule has 2 heterocycles. The molecule has 1 aliphatic heterocycles. The number of anilines is 1. The van der Waals surface area contributed by atoms with Gasteiger partial charge in [-0.25, -0.2) is 4.98 Å². The number of hydrogen-bond acceptors (Lipinski definition) is 4. The summed E-state index contributed by atoms with van der Waals surface area (Å²) in [6.45, 7) is 1.07. The third kappa shape index (κ3) is 2.39. The number of para-hydroxylation sites is 1. The predicted molar refractivity (Wildman–Crippen MR) is 92.7 cm³/mol. The number of benzene rings is 2. The molecule has 0 bridgehead atoms. The first-order valence-corrected chi connectivity index (χ1v) is 7.84. The summed E-state index contributed by atoms with van der Waals surface area (Å²) in [5.41, 5.74) is 8.73. The maximum absolute atomic E-state index is 11.8. The quantitative estimate of drug-likeness (QED) is 0.760. The van der Waals surface area contributed by atoms with Crippen molar-refractivity contribution in [3.05, 3.63) is 71.3 Å². The first-order chi connectivity index (χ1) is 11.6. The second-order valence-corrected chi connectivity index (χ2v) is 6.00. The Morgan fingerprint density at radius 3 is 2.75 bits per heavy atom. The van der Waals surface area contributed by atoms with Gasteiger partial charge in [-0.05, 0) is 23.3 Å². The molecule has 0 saturated carbocycles. The van der Waals surface area contributed by atoms with Crippen LogP contribution in [0.3, 0.4) is 0 Å². The zero-order chi connectivity index (χ0) is 16.7. The van der Waals surface area contributed by atoms with Crippen molar-refractivity contribution in [1.29, 1.82) is 0 Å². The minimum atomic E-state index is -0.583. The SMILES string of the molecule is NC(=O)c1cc(N2Cc3ccccc3C(O)C2)nc2ccccc12. The number of nitrogens with zero attached hydrogens (tertiary/aromatic N) is 2. The molecule has 4 rings (SSSR count). The van der Waals surface area contributed by atoms with Gasteiger partial charge < -0.3 is 15.7 Å². The maximum Gasteiger partial charge on any atom is 0.249 e. The van der Waals surface area contributed by atoms with E-state index in [-0.39, 0.29) is 0 Å². The Hall–Kier alpha value is -2.92. The summed E-state index contributed by atoms with van der Waals surface area (Å²) in [4.78, 5) is 18.5. The highest BCUT2D eigenvalue weighted by molar-refractivity contribution is 6.06. The highest BCUT2D eigenvalue weighted by atomic mass is 16.3. The largest absolute Gasteiger partial charge is 0.387 e. The van der Waals surface area contributed by atoms with Gasteiger partial charge in [0.15, 0.2) is 0 Å². The van der Waals surface area contributed by atoms with Crippen LogP contribution in [0.4, 0.5) is 5.82 Å². The highest BCUT2D eigenvalue weighted by Crippen LogP contribution is 2.31. The van der Waals surface area contributed by atoms with Crippen LogP contribution in [0.15, 0.2) is 54.6 Å². The van der Waals surface area contributed by atoms with E-state index >= 15 is 0 Å². The molecule has 0 aliphatic carbocycles. The smallest absolute Gasteiger partial charge is 0.249 e. The van der Waals surface area contributed by atoms with Crippen molar-refractivity contribution in [1.82, 2.24) is 4.98 Å². The Bertz CT molecular complexity index is 939. The van der Waals surface area contributed by atoms with Crippen molar-refractivity contribution in [3.63, 3.8) is 0 Å². The fourth-order valence-electron chi connectivity index (χ4n) is 3.28. The van der Waals surface area contributed by atoms with E-state index in [1.54, 1.807) is 6.07 Å². The van der Waals surface area contributed by atoms with E-state index in [1.165, 1.54) is 0 Å². The monoisotopic (exact) mass is 319 g/mol.